The maximum absolute atomic E-state index is 6.12. The average Bonchev–Trinajstić information content (AvgIpc) is 3.14. The van der Waals surface area contributed by atoms with E-state index in [4.69, 9.17) is 5.73 Å². The van der Waals surface area contributed by atoms with Crippen LogP contribution in [0.5, 0.6) is 0 Å². The van der Waals surface area contributed by atoms with Gasteiger partial charge in [0.2, 0.25) is 0 Å². The van der Waals surface area contributed by atoms with Gasteiger partial charge in [-0.2, -0.15) is 5.10 Å². The zero-order valence-corrected chi connectivity index (χ0v) is 12.9. The van der Waals surface area contributed by atoms with Gasteiger partial charge in [-0.1, -0.05) is 34.5 Å². The number of halogens is 1. The number of nitrogens with zero attached hydrogens (tertiary/aromatic N) is 1. The second-order valence-electron chi connectivity index (χ2n) is 6.19. The minimum absolute atomic E-state index is 0.622. The Hall–Kier alpha value is -1.29. The van der Waals surface area contributed by atoms with E-state index in [0.29, 0.717) is 11.7 Å². The van der Waals surface area contributed by atoms with Gasteiger partial charge < -0.3 is 5.73 Å². The quantitative estimate of drug-likeness (QED) is 0.860. The van der Waals surface area contributed by atoms with Crippen molar-refractivity contribution in [1.29, 1.82) is 0 Å². The number of anilines is 1. The van der Waals surface area contributed by atoms with Crippen molar-refractivity contribution >= 4 is 21.7 Å². The van der Waals surface area contributed by atoms with Gasteiger partial charge in [-0.05, 0) is 48.8 Å². The molecule has 4 rings (SSSR count). The third kappa shape index (κ3) is 1.89. The molecule has 2 fully saturated rings. The first kappa shape index (κ1) is 12.5. The fourth-order valence-electron chi connectivity index (χ4n) is 4.16. The van der Waals surface area contributed by atoms with Crippen LogP contribution in [0, 0.1) is 11.8 Å². The number of aromatic nitrogens is 2. The molecule has 1 aromatic heterocycles. The first-order valence-corrected chi connectivity index (χ1v) is 8.11. The summed E-state index contributed by atoms with van der Waals surface area (Å²) in [6.45, 7) is 0. The Labute approximate surface area is 127 Å². The first-order chi connectivity index (χ1) is 9.72. The number of hydrogen-bond acceptors (Lipinski definition) is 2. The lowest BCUT2D eigenvalue weighted by Crippen LogP contribution is -2.10. The van der Waals surface area contributed by atoms with E-state index in [1.165, 1.54) is 31.4 Å². The third-order valence-corrected chi connectivity index (χ3v) is 5.59. The molecule has 0 amide bonds. The fourth-order valence-corrected chi connectivity index (χ4v) is 4.42. The van der Waals surface area contributed by atoms with Gasteiger partial charge in [-0.3, -0.25) is 5.10 Å². The highest BCUT2D eigenvalue weighted by molar-refractivity contribution is 9.10. The Balaban J connectivity index is 1.76. The predicted octanol–water partition coefficient (Wildman–Crippen LogP) is 4.33. The van der Waals surface area contributed by atoms with Crippen molar-refractivity contribution in [2.24, 2.45) is 11.8 Å². The van der Waals surface area contributed by atoms with E-state index in [-0.39, 0.29) is 0 Å². The molecule has 20 heavy (non-hydrogen) atoms. The number of aromatic amines is 1. The van der Waals surface area contributed by atoms with E-state index in [1.807, 2.05) is 0 Å². The molecule has 3 unspecified atom stereocenters. The summed E-state index contributed by atoms with van der Waals surface area (Å²) in [5.74, 6) is 3.00. The molecule has 3 N–H and O–H groups in total. The van der Waals surface area contributed by atoms with Gasteiger partial charge in [0.05, 0.1) is 0 Å². The van der Waals surface area contributed by atoms with Crippen LogP contribution in [0.3, 0.4) is 0 Å². The topological polar surface area (TPSA) is 54.7 Å². The summed E-state index contributed by atoms with van der Waals surface area (Å²) in [6, 6.07) is 8.35. The highest BCUT2D eigenvalue weighted by atomic mass is 79.9. The molecule has 2 aliphatic carbocycles. The van der Waals surface area contributed by atoms with Crippen LogP contribution in [-0.4, -0.2) is 10.2 Å². The monoisotopic (exact) mass is 331 g/mol. The van der Waals surface area contributed by atoms with Gasteiger partial charge in [-0.25, -0.2) is 0 Å². The normalized spacial score (nSPS) is 28.1. The number of benzene rings is 1. The lowest BCUT2D eigenvalue weighted by Gasteiger charge is -2.21. The van der Waals surface area contributed by atoms with Crippen LogP contribution in [0.15, 0.2) is 28.7 Å². The average molecular weight is 332 g/mol. The molecule has 2 aromatic rings. The zero-order chi connectivity index (χ0) is 13.7. The first-order valence-electron chi connectivity index (χ1n) is 7.32. The van der Waals surface area contributed by atoms with Crippen molar-refractivity contribution in [2.45, 2.75) is 31.6 Å². The Morgan fingerprint density at radius 2 is 1.95 bits per heavy atom. The van der Waals surface area contributed by atoms with Gasteiger partial charge in [0, 0.05) is 21.6 Å². The summed E-state index contributed by atoms with van der Waals surface area (Å²) in [4.78, 5) is 0. The fraction of sp³-hybridized carbons (Fsp3) is 0.438. The van der Waals surface area contributed by atoms with Crippen molar-refractivity contribution in [3.63, 3.8) is 0 Å². The van der Waals surface area contributed by atoms with Gasteiger partial charge in [0.1, 0.15) is 0 Å². The predicted molar refractivity (Wildman–Crippen MR) is 84.3 cm³/mol. The highest BCUT2D eigenvalue weighted by Gasteiger charge is 2.42. The van der Waals surface area contributed by atoms with Gasteiger partial charge in [-0.15, -0.1) is 0 Å². The van der Waals surface area contributed by atoms with Crippen LogP contribution in [0.2, 0.25) is 0 Å². The molecule has 0 spiro atoms. The van der Waals surface area contributed by atoms with Crippen LogP contribution >= 0.6 is 15.9 Å². The number of nitrogens with two attached hydrogens (primary N) is 1. The molecule has 2 aliphatic rings. The molecule has 2 bridgehead atoms. The molecule has 1 aromatic carbocycles. The maximum Gasteiger partial charge on any atom is 0.153 e. The van der Waals surface area contributed by atoms with E-state index in [2.05, 4.69) is 50.4 Å². The molecule has 3 nitrogen and oxygen atoms in total. The SMILES string of the molecule is Nc1n[nH]c(C2CC3CCC2C3)c1-c1ccc(Br)cc1. The van der Waals surface area contributed by atoms with Crippen LogP contribution < -0.4 is 5.73 Å². The molecule has 0 saturated heterocycles. The van der Waals surface area contributed by atoms with Crippen LogP contribution in [0.4, 0.5) is 5.82 Å². The third-order valence-electron chi connectivity index (χ3n) is 5.06. The van der Waals surface area contributed by atoms with Gasteiger partial charge >= 0.3 is 0 Å². The van der Waals surface area contributed by atoms with Crippen molar-refractivity contribution in [3.05, 3.63) is 34.4 Å². The van der Waals surface area contributed by atoms with Crippen LogP contribution in [0.25, 0.3) is 11.1 Å². The lowest BCUT2D eigenvalue weighted by atomic mass is 9.84. The summed E-state index contributed by atoms with van der Waals surface area (Å²) in [5.41, 5.74) is 9.67. The van der Waals surface area contributed by atoms with Crippen molar-refractivity contribution in [1.82, 2.24) is 10.2 Å². The molecular formula is C16H18BrN3. The summed E-state index contributed by atoms with van der Waals surface area (Å²) >= 11 is 3.48. The largest absolute Gasteiger partial charge is 0.382 e. The summed E-state index contributed by atoms with van der Waals surface area (Å²) in [7, 11) is 0. The molecular weight excluding hydrogens is 314 g/mol. The van der Waals surface area contributed by atoms with E-state index in [0.717, 1.165) is 27.4 Å². The molecule has 0 aliphatic heterocycles. The summed E-state index contributed by atoms with van der Waals surface area (Å²) in [5, 5.41) is 7.51. The summed E-state index contributed by atoms with van der Waals surface area (Å²) in [6.07, 6.45) is 5.48. The highest BCUT2D eigenvalue weighted by Crippen LogP contribution is 2.54. The van der Waals surface area contributed by atoms with Gasteiger partial charge in [0.15, 0.2) is 5.82 Å². The van der Waals surface area contributed by atoms with Gasteiger partial charge in [0.25, 0.3) is 0 Å². The van der Waals surface area contributed by atoms with Crippen molar-refractivity contribution in [2.75, 3.05) is 5.73 Å². The number of nitrogens with one attached hydrogen (secondary N) is 1. The van der Waals surface area contributed by atoms with E-state index >= 15 is 0 Å². The van der Waals surface area contributed by atoms with Crippen molar-refractivity contribution < 1.29 is 0 Å². The lowest BCUT2D eigenvalue weighted by molar-refractivity contribution is 0.413. The van der Waals surface area contributed by atoms with E-state index < -0.39 is 0 Å². The number of H-pyrrole nitrogens is 1. The standard InChI is InChI=1S/C16H18BrN3/c17-12-5-3-10(4-6-12)14-15(19-20-16(14)18)13-8-9-1-2-11(13)7-9/h3-6,9,11,13H,1-2,7-8H2,(H3,18,19,20). The zero-order valence-electron chi connectivity index (χ0n) is 11.3. The number of nitrogen functional groups attached to an aromatic ring is 1. The molecule has 1 heterocycles. The van der Waals surface area contributed by atoms with E-state index in [1.54, 1.807) is 0 Å². The van der Waals surface area contributed by atoms with Crippen LogP contribution in [-0.2, 0) is 0 Å². The smallest absolute Gasteiger partial charge is 0.153 e. The second kappa shape index (κ2) is 4.62. The Bertz CT molecular complexity index is 632. The molecule has 0 radical (unpaired) electrons. The molecule has 3 atom stereocenters. The minimum atomic E-state index is 0.622. The Kier molecular flexibility index (Phi) is 2.88. The van der Waals surface area contributed by atoms with Crippen molar-refractivity contribution in [3.8, 4) is 11.1 Å². The second-order valence-corrected chi connectivity index (χ2v) is 7.10. The molecule has 104 valence electrons. The van der Waals surface area contributed by atoms with E-state index in [9.17, 15) is 0 Å². The molecule has 4 heteroatoms. The van der Waals surface area contributed by atoms with Crippen LogP contribution in [0.1, 0.15) is 37.3 Å². The maximum atomic E-state index is 6.12. The molecule has 2 saturated carbocycles. The Morgan fingerprint density at radius 1 is 1.15 bits per heavy atom. The number of hydrogen-bond donors (Lipinski definition) is 2. The Morgan fingerprint density at radius 3 is 2.60 bits per heavy atom. The summed E-state index contributed by atoms with van der Waals surface area (Å²) < 4.78 is 1.09. The number of fused-ring (bicyclic) bond motifs is 2. The minimum Gasteiger partial charge on any atom is -0.382 e. The number of rotatable bonds is 2.